The van der Waals surface area contributed by atoms with Crippen molar-refractivity contribution in [2.75, 3.05) is 26.2 Å². The molecule has 1 N–H and O–H groups in total. The smallest absolute Gasteiger partial charge is 0.0897 e. The van der Waals surface area contributed by atoms with Crippen molar-refractivity contribution < 1.29 is 5.11 Å². The Balaban J connectivity index is 1.63. The molecule has 1 aromatic heterocycles. The quantitative estimate of drug-likeness (QED) is 0.874. The lowest BCUT2D eigenvalue weighted by atomic mass is 10.0. The van der Waals surface area contributed by atoms with Crippen molar-refractivity contribution in [1.29, 1.82) is 0 Å². The Morgan fingerprint density at radius 1 is 1.21 bits per heavy atom. The SMILES string of the molecule is Cc1ncc(CN2CCN(Cc3ccccc3C)[C@H](CCO)C2)s1. The van der Waals surface area contributed by atoms with Gasteiger partial charge in [-0.2, -0.15) is 0 Å². The van der Waals surface area contributed by atoms with Crippen LogP contribution in [-0.4, -0.2) is 52.2 Å². The molecule has 130 valence electrons. The third-order valence-electron chi connectivity index (χ3n) is 4.83. The van der Waals surface area contributed by atoms with E-state index < -0.39 is 0 Å². The predicted molar refractivity (Wildman–Crippen MR) is 99.2 cm³/mol. The Morgan fingerprint density at radius 2 is 2.04 bits per heavy atom. The van der Waals surface area contributed by atoms with E-state index in [1.165, 1.54) is 16.0 Å². The Kier molecular flexibility index (Phi) is 6.00. The molecule has 0 bridgehead atoms. The molecule has 1 aromatic carbocycles. The molecule has 0 spiro atoms. The van der Waals surface area contributed by atoms with Gasteiger partial charge >= 0.3 is 0 Å². The lowest BCUT2D eigenvalue weighted by Crippen LogP contribution is -2.52. The Bertz CT molecular complexity index is 658. The highest BCUT2D eigenvalue weighted by Crippen LogP contribution is 2.21. The monoisotopic (exact) mass is 345 g/mol. The molecule has 1 saturated heterocycles. The lowest BCUT2D eigenvalue weighted by molar-refractivity contribution is 0.0503. The molecule has 24 heavy (non-hydrogen) atoms. The van der Waals surface area contributed by atoms with E-state index >= 15 is 0 Å². The van der Waals surface area contributed by atoms with Gasteiger partial charge in [-0.25, -0.2) is 4.98 Å². The predicted octanol–water partition coefficient (Wildman–Crippen LogP) is 2.83. The second-order valence-electron chi connectivity index (χ2n) is 6.64. The Labute approximate surface area is 148 Å². The van der Waals surface area contributed by atoms with Gasteiger partial charge in [-0.1, -0.05) is 24.3 Å². The number of piperazine rings is 1. The van der Waals surface area contributed by atoms with Gasteiger partial charge in [-0.05, 0) is 31.4 Å². The number of rotatable bonds is 6. The first kappa shape index (κ1) is 17.5. The third-order valence-corrected chi connectivity index (χ3v) is 5.73. The van der Waals surface area contributed by atoms with E-state index in [1.807, 2.05) is 6.20 Å². The fourth-order valence-electron chi connectivity index (χ4n) is 3.44. The molecule has 0 unspecified atom stereocenters. The van der Waals surface area contributed by atoms with Crippen LogP contribution in [0, 0.1) is 13.8 Å². The van der Waals surface area contributed by atoms with Gasteiger partial charge in [0.1, 0.15) is 0 Å². The van der Waals surface area contributed by atoms with Gasteiger partial charge in [-0.15, -0.1) is 11.3 Å². The summed E-state index contributed by atoms with van der Waals surface area (Å²) in [6.07, 6.45) is 2.84. The minimum atomic E-state index is 0.252. The Hall–Kier alpha value is -1.27. The average molecular weight is 346 g/mol. The van der Waals surface area contributed by atoms with Crippen LogP contribution in [0.5, 0.6) is 0 Å². The van der Waals surface area contributed by atoms with Gasteiger partial charge in [0.2, 0.25) is 0 Å². The van der Waals surface area contributed by atoms with Gasteiger partial charge in [-0.3, -0.25) is 9.80 Å². The number of aryl methyl sites for hydroxylation is 2. The van der Waals surface area contributed by atoms with Crippen LogP contribution in [0.1, 0.15) is 27.4 Å². The number of aliphatic hydroxyl groups is 1. The normalized spacial score (nSPS) is 19.7. The van der Waals surface area contributed by atoms with Crippen LogP contribution in [0.25, 0.3) is 0 Å². The van der Waals surface area contributed by atoms with Crippen LogP contribution < -0.4 is 0 Å². The highest BCUT2D eigenvalue weighted by Gasteiger charge is 2.27. The first-order valence-corrected chi connectivity index (χ1v) is 9.50. The van der Waals surface area contributed by atoms with Crippen LogP contribution in [-0.2, 0) is 13.1 Å². The summed E-state index contributed by atoms with van der Waals surface area (Å²) < 4.78 is 0. The van der Waals surface area contributed by atoms with Crippen molar-refractivity contribution in [3.8, 4) is 0 Å². The number of hydrogen-bond donors (Lipinski definition) is 1. The van der Waals surface area contributed by atoms with E-state index in [4.69, 9.17) is 0 Å². The second-order valence-corrected chi connectivity index (χ2v) is 7.96. The number of aromatic nitrogens is 1. The minimum Gasteiger partial charge on any atom is -0.396 e. The fraction of sp³-hybridized carbons (Fsp3) is 0.526. The molecule has 0 radical (unpaired) electrons. The zero-order chi connectivity index (χ0) is 16.9. The molecule has 1 fully saturated rings. The van der Waals surface area contributed by atoms with E-state index in [9.17, 15) is 5.11 Å². The van der Waals surface area contributed by atoms with Crippen molar-refractivity contribution in [3.63, 3.8) is 0 Å². The topological polar surface area (TPSA) is 39.6 Å². The fourth-order valence-corrected chi connectivity index (χ4v) is 4.27. The molecule has 4 nitrogen and oxygen atoms in total. The van der Waals surface area contributed by atoms with Crippen LogP contribution >= 0.6 is 11.3 Å². The number of hydrogen-bond acceptors (Lipinski definition) is 5. The third kappa shape index (κ3) is 4.42. The molecule has 1 aliphatic rings. The molecule has 0 aliphatic carbocycles. The van der Waals surface area contributed by atoms with Gasteiger partial charge in [0, 0.05) is 56.4 Å². The summed E-state index contributed by atoms with van der Waals surface area (Å²) in [7, 11) is 0. The molecular weight excluding hydrogens is 318 g/mol. The minimum absolute atomic E-state index is 0.252. The van der Waals surface area contributed by atoms with Crippen molar-refractivity contribution in [1.82, 2.24) is 14.8 Å². The molecule has 1 aliphatic heterocycles. The molecule has 3 rings (SSSR count). The standard InChI is InChI=1S/C19H27N3OS/c1-15-5-3-4-6-17(15)12-22-9-8-21(13-18(22)7-10-23)14-19-11-20-16(2)24-19/h3-6,11,18,23H,7-10,12-14H2,1-2H3/t18-/m1/s1. The molecule has 5 heteroatoms. The van der Waals surface area contributed by atoms with Crippen LogP contribution in [0.3, 0.4) is 0 Å². The zero-order valence-electron chi connectivity index (χ0n) is 14.6. The maximum Gasteiger partial charge on any atom is 0.0897 e. The molecule has 0 saturated carbocycles. The van der Waals surface area contributed by atoms with Gasteiger partial charge in [0.15, 0.2) is 0 Å². The molecule has 2 aromatic rings. The summed E-state index contributed by atoms with van der Waals surface area (Å²) in [6.45, 7) is 9.59. The van der Waals surface area contributed by atoms with Crippen LogP contribution in [0.2, 0.25) is 0 Å². The average Bonchev–Trinajstić information content (AvgIpc) is 2.97. The maximum atomic E-state index is 9.48. The van der Waals surface area contributed by atoms with Gasteiger partial charge < -0.3 is 5.11 Å². The summed E-state index contributed by atoms with van der Waals surface area (Å²) in [4.78, 5) is 10.7. The molecule has 2 heterocycles. The summed E-state index contributed by atoms with van der Waals surface area (Å²) in [5.74, 6) is 0. The van der Waals surface area contributed by atoms with Gasteiger partial charge in [0.25, 0.3) is 0 Å². The number of aliphatic hydroxyl groups excluding tert-OH is 1. The summed E-state index contributed by atoms with van der Waals surface area (Å²) >= 11 is 1.79. The molecule has 1 atom stereocenters. The molecular formula is C19H27N3OS. The van der Waals surface area contributed by atoms with E-state index in [1.54, 1.807) is 11.3 Å². The van der Waals surface area contributed by atoms with Crippen molar-refractivity contribution in [3.05, 3.63) is 51.5 Å². The van der Waals surface area contributed by atoms with E-state index in [0.29, 0.717) is 6.04 Å². The summed E-state index contributed by atoms with van der Waals surface area (Å²) in [5.41, 5.74) is 2.75. The van der Waals surface area contributed by atoms with Crippen molar-refractivity contribution in [2.24, 2.45) is 0 Å². The number of benzene rings is 1. The number of thiazole rings is 1. The van der Waals surface area contributed by atoms with E-state index in [-0.39, 0.29) is 6.61 Å². The van der Waals surface area contributed by atoms with Crippen LogP contribution in [0.4, 0.5) is 0 Å². The Morgan fingerprint density at radius 3 is 2.75 bits per heavy atom. The van der Waals surface area contributed by atoms with Gasteiger partial charge in [0.05, 0.1) is 5.01 Å². The molecule has 0 amide bonds. The van der Waals surface area contributed by atoms with Crippen molar-refractivity contribution in [2.45, 2.75) is 39.4 Å². The first-order chi connectivity index (χ1) is 11.7. The van der Waals surface area contributed by atoms with E-state index in [0.717, 1.165) is 44.2 Å². The van der Waals surface area contributed by atoms with Crippen molar-refractivity contribution >= 4 is 11.3 Å². The van der Waals surface area contributed by atoms with Crippen LogP contribution in [0.15, 0.2) is 30.5 Å². The lowest BCUT2D eigenvalue weighted by Gasteiger charge is -2.41. The van der Waals surface area contributed by atoms with E-state index in [2.05, 4.69) is 52.9 Å². The number of nitrogens with zero attached hydrogens (tertiary/aromatic N) is 3. The first-order valence-electron chi connectivity index (χ1n) is 8.69. The summed E-state index contributed by atoms with van der Waals surface area (Å²) in [6, 6.07) is 9.03. The largest absolute Gasteiger partial charge is 0.396 e. The highest BCUT2D eigenvalue weighted by atomic mass is 32.1. The zero-order valence-corrected chi connectivity index (χ0v) is 15.4. The second kappa shape index (κ2) is 8.21. The highest BCUT2D eigenvalue weighted by molar-refractivity contribution is 7.11. The summed E-state index contributed by atoms with van der Waals surface area (Å²) in [5, 5.41) is 10.6. The maximum absolute atomic E-state index is 9.48.